The average Bonchev–Trinajstić information content (AvgIpc) is 2.47. The van der Waals surface area contributed by atoms with Crippen LogP contribution >= 0.6 is 0 Å². The summed E-state index contributed by atoms with van der Waals surface area (Å²) < 4.78 is 0. The van der Waals surface area contributed by atoms with E-state index in [9.17, 15) is 9.59 Å². The Labute approximate surface area is 89.4 Å². The molecule has 1 rings (SSSR count). The predicted octanol–water partition coefficient (Wildman–Crippen LogP) is 0.944. The number of primary amides is 1. The number of hydrogen-bond donors (Lipinski definition) is 1. The van der Waals surface area contributed by atoms with E-state index in [-0.39, 0.29) is 11.8 Å². The molecule has 1 heterocycles. The van der Waals surface area contributed by atoms with Crippen LogP contribution < -0.4 is 5.73 Å². The van der Waals surface area contributed by atoms with Gasteiger partial charge in [0.2, 0.25) is 5.91 Å². The molecule has 0 atom stereocenters. The highest BCUT2D eigenvalue weighted by Gasteiger charge is 2.17. The molecule has 15 heavy (non-hydrogen) atoms. The molecule has 2 N–H and O–H groups in total. The number of allylic oxidation sites excluding steroid dienone is 1. The molecule has 0 radical (unpaired) electrons. The zero-order valence-corrected chi connectivity index (χ0v) is 8.74. The third-order valence-electron chi connectivity index (χ3n) is 2.34. The predicted molar refractivity (Wildman–Crippen MR) is 57.7 cm³/mol. The number of nitrogens with two attached hydrogens (primary N) is 1. The van der Waals surface area contributed by atoms with Crippen molar-refractivity contribution in [2.75, 3.05) is 6.54 Å². The second kappa shape index (κ2) is 5.34. The summed E-state index contributed by atoms with van der Waals surface area (Å²) in [5.74, 6) is -0.270. The summed E-state index contributed by atoms with van der Waals surface area (Å²) in [5.41, 5.74) is 5.76. The van der Waals surface area contributed by atoms with Gasteiger partial charge in [-0.2, -0.15) is 0 Å². The number of nitrogens with zero attached hydrogens (tertiary/aromatic N) is 1. The minimum atomic E-state index is -0.265. The second-order valence-corrected chi connectivity index (χ2v) is 3.59. The molecule has 0 saturated carbocycles. The van der Waals surface area contributed by atoms with Crippen LogP contribution in [-0.2, 0) is 9.59 Å². The molecule has 0 unspecified atom stereocenters. The Morgan fingerprint density at radius 3 is 2.60 bits per heavy atom. The molecule has 0 aromatic carbocycles. The van der Waals surface area contributed by atoms with E-state index in [0.717, 1.165) is 25.0 Å². The molecule has 4 heteroatoms. The summed E-state index contributed by atoms with van der Waals surface area (Å²) in [7, 11) is 0. The van der Waals surface area contributed by atoms with Gasteiger partial charge < -0.3 is 10.6 Å². The number of carbonyl (C=O) groups excluding carboxylic acids is 2. The van der Waals surface area contributed by atoms with Gasteiger partial charge in [0, 0.05) is 24.7 Å². The first-order valence-electron chi connectivity index (χ1n) is 5.08. The quantitative estimate of drug-likeness (QED) is 0.660. The van der Waals surface area contributed by atoms with Crippen LogP contribution in [-0.4, -0.2) is 23.3 Å². The number of carbonyl (C=O) groups is 2. The number of hydrogen-bond acceptors (Lipinski definition) is 2. The SMILES string of the molecule is C=C1C=CC(=O)N1CCCCCC(N)=O. The lowest BCUT2D eigenvalue weighted by Crippen LogP contribution is -2.24. The molecular formula is C11H16N2O2. The second-order valence-electron chi connectivity index (χ2n) is 3.59. The summed E-state index contributed by atoms with van der Waals surface area (Å²) in [6.07, 6.45) is 6.22. The molecule has 0 aromatic rings. The minimum absolute atomic E-state index is 0.00472. The Balaban J connectivity index is 2.13. The van der Waals surface area contributed by atoms with Crippen molar-refractivity contribution in [2.45, 2.75) is 25.7 Å². The van der Waals surface area contributed by atoms with E-state index in [2.05, 4.69) is 6.58 Å². The average molecular weight is 208 g/mol. The van der Waals surface area contributed by atoms with Crippen molar-refractivity contribution in [2.24, 2.45) is 5.73 Å². The molecule has 0 spiro atoms. The molecule has 0 bridgehead atoms. The van der Waals surface area contributed by atoms with Gasteiger partial charge in [-0.05, 0) is 18.9 Å². The lowest BCUT2D eigenvalue weighted by molar-refractivity contribution is -0.123. The monoisotopic (exact) mass is 208 g/mol. The van der Waals surface area contributed by atoms with Gasteiger partial charge in [-0.15, -0.1) is 0 Å². The van der Waals surface area contributed by atoms with Crippen molar-refractivity contribution in [3.05, 3.63) is 24.4 Å². The van der Waals surface area contributed by atoms with E-state index in [1.165, 1.54) is 6.08 Å². The summed E-state index contributed by atoms with van der Waals surface area (Å²) in [6.45, 7) is 4.43. The molecule has 0 fully saturated rings. The smallest absolute Gasteiger partial charge is 0.251 e. The van der Waals surface area contributed by atoms with Gasteiger partial charge in [0.05, 0.1) is 0 Å². The Morgan fingerprint density at radius 1 is 1.33 bits per heavy atom. The summed E-state index contributed by atoms with van der Waals surface area (Å²) in [4.78, 5) is 23.4. The number of rotatable bonds is 6. The molecular weight excluding hydrogens is 192 g/mol. The van der Waals surface area contributed by atoms with Gasteiger partial charge in [-0.3, -0.25) is 9.59 Å². The van der Waals surface area contributed by atoms with Crippen molar-refractivity contribution in [3.8, 4) is 0 Å². The van der Waals surface area contributed by atoms with Gasteiger partial charge in [0.25, 0.3) is 5.91 Å². The maximum Gasteiger partial charge on any atom is 0.251 e. The zero-order valence-electron chi connectivity index (χ0n) is 8.74. The maximum atomic E-state index is 11.3. The van der Waals surface area contributed by atoms with Crippen LogP contribution in [0.5, 0.6) is 0 Å². The summed E-state index contributed by atoms with van der Waals surface area (Å²) in [6, 6.07) is 0. The Morgan fingerprint density at radius 2 is 2.07 bits per heavy atom. The number of amides is 2. The molecule has 4 nitrogen and oxygen atoms in total. The topological polar surface area (TPSA) is 63.4 Å². The normalized spacial score (nSPS) is 15.1. The Bertz CT molecular complexity index is 290. The lowest BCUT2D eigenvalue weighted by Gasteiger charge is -2.16. The van der Waals surface area contributed by atoms with Gasteiger partial charge >= 0.3 is 0 Å². The third kappa shape index (κ3) is 3.58. The minimum Gasteiger partial charge on any atom is -0.370 e. The first kappa shape index (κ1) is 11.5. The van der Waals surface area contributed by atoms with Crippen molar-refractivity contribution in [1.29, 1.82) is 0 Å². The Hall–Kier alpha value is -1.58. The summed E-state index contributed by atoms with van der Waals surface area (Å²) >= 11 is 0. The van der Waals surface area contributed by atoms with Crippen molar-refractivity contribution in [3.63, 3.8) is 0 Å². The van der Waals surface area contributed by atoms with Crippen LogP contribution in [0.25, 0.3) is 0 Å². The van der Waals surface area contributed by atoms with Gasteiger partial charge in [-0.1, -0.05) is 13.0 Å². The van der Waals surface area contributed by atoms with Gasteiger partial charge in [0.1, 0.15) is 0 Å². The first-order chi connectivity index (χ1) is 7.11. The van der Waals surface area contributed by atoms with Crippen molar-refractivity contribution in [1.82, 2.24) is 4.90 Å². The highest BCUT2D eigenvalue weighted by atomic mass is 16.2. The van der Waals surface area contributed by atoms with Crippen molar-refractivity contribution < 1.29 is 9.59 Å². The van der Waals surface area contributed by atoms with Crippen molar-refractivity contribution >= 4 is 11.8 Å². The molecule has 1 aliphatic heterocycles. The van der Waals surface area contributed by atoms with E-state index in [1.54, 1.807) is 11.0 Å². The van der Waals surface area contributed by atoms with E-state index in [4.69, 9.17) is 5.73 Å². The van der Waals surface area contributed by atoms with E-state index in [0.29, 0.717) is 13.0 Å². The van der Waals surface area contributed by atoms with Crippen LogP contribution in [0.2, 0.25) is 0 Å². The van der Waals surface area contributed by atoms with E-state index >= 15 is 0 Å². The standard InChI is InChI=1S/C11H16N2O2/c1-9-6-7-11(15)13(9)8-4-2-3-5-10(12)14/h6-7H,1-5,8H2,(H2,12,14). The zero-order chi connectivity index (χ0) is 11.3. The fourth-order valence-electron chi connectivity index (χ4n) is 1.49. The fourth-order valence-corrected chi connectivity index (χ4v) is 1.49. The van der Waals surface area contributed by atoms with Crippen LogP contribution in [0, 0.1) is 0 Å². The maximum absolute atomic E-state index is 11.3. The Kier molecular flexibility index (Phi) is 4.09. The summed E-state index contributed by atoms with van der Waals surface area (Å²) in [5, 5.41) is 0. The molecule has 82 valence electrons. The van der Waals surface area contributed by atoms with Crippen LogP contribution in [0.3, 0.4) is 0 Å². The van der Waals surface area contributed by atoms with E-state index < -0.39 is 0 Å². The number of unbranched alkanes of at least 4 members (excludes halogenated alkanes) is 2. The fraction of sp³-hybridized carbons (Fsp3) is 0.455. The molecule has 1 aliphatic rings. The largest absolute Gasteiger partial charge is 0.370 e. The third-order valence-corrected chi connectivity index (χ3v) is 2.34. The first-order valence-corrected chi connectivity index (χ1v) is 5.08. The molecule has 2 amide bonds. The van der Waals surface area contributed by atoms with Gasteiger partial charge in [-0.25, -0.2) is 0 Å². The van der Waals surface area contributed by atoms with E-state index in [1.807, 2.05) is 0 Å². The molecule has 0 aliphatic carbocycles. The highest BCUT2D eigenvalue weighted by Crippen LogP contribution is 2.14. The lowest BCUT2D eigenvalue weighted by atomic mass is 10.2. The molecule has 0 saturated heterocycles. The van der Waals surface area contributed by atoms with Crippen LogP contribution in [0.15, 0.2) is 24.4 Å². The van der Waals surface area contributed by atoms with Crippen LogP contribution in [0.4, 0.5) is 0 Å². The molecule has 0 aromatic heterocycles. The van der Waals surface area contributed by atoms with Gasteiger partial charge in [0.15, 0.2) is 0 Å². The van der Waals surface area contributed by atoms with Crippen LogP contribution in [0.1, 0.15) is 25.7 Å². The highest BCUT2D eigenvalue weighted by molar-refractivity contribution is 5.92.